The second-order valence-corrected chi connectivity index (χ2v) is 8.08. The number of nitrogens with zero attached hydrogens (tertiary/aromatic N) is 4. The van der Waals surface area contributed by atoms with Gasteiger partial charge in [0, 0.05) is 31.6 Å². The van der Waals surface area contributed by atoms with Gasteiger partial charge in [0.1, 0.15) is 17.4 Å². The third-order valence-electron chi connectivity index (χ3n) is 5.83. The topological polar surface area (TPSA) is 84.5 Å². The molecule has 0 bridgehead atoms. The number of aliphatic hydroxyl groups is 1. The highest BCUT2D eigenvalue weighted by Gasteiger charge is 2.44. The molecule has 1 aliphatic carbocycles. The van der Waals surface area contributed by atoms with E-state index in [9.17, 15) is 5.11 Å². The third-order valence-corrected chi connectivity index (χ3v) is 6.16. The number of anilines is 1. The summed E-state index contributed by atoms with van der Waals surface area (Å²) in [6, 6.07) is 7.98. The van der Waals surface area contributed by atoms with E-state index in [0.29, 0.717) is 40.9 Å². The normalized spacial score (nSPS) is 27.2. The zero-order valence-electron chi connectivity index (χ0n) is 15.5. The monoisotopic (exact) mass is 400 g/mol. The number of rotatable bonds is 3. The van der Waals surface area contributed by atoms with Gasteiger partial charge in [-0.05, 0) is 48.9 Å². The molecule has 2 aromatic heterocycles. The van der Waals surface area contributed by atoms with Crippen molar-refractivity contribution in [1.29, 1.82) is 0 Å². The van der Waals surface area contributed by atoms with Gasteiger partial charge in [0.2, 0.25) is 5.89 Å². The van der Waals surface area contributed by atoms with Crippen molar-refractivity contribution >= 4 is 28.5 Å². The molecule has 0 unspecified atom stereocenters. The Morgan fingerprint density at radius 3 is 2.79 bits per heavy atom. The zero-order chi connectivity index (χ0) is 19.3. The van der Waals surface area contributed by atoms with Crippen LogP contribution in [0, 0.1) is 18.8 Å². The van der Waals surface area contributed by atoms with E-state index in [0.717, 1.165) is 30.4 Å². The fraction of sp³-hybridized carbons (Fsp3) is 0.450. The Balaban J connectivity index is 1.35. The highest BCUT2D eigenvalue weighted by molar-refractivity contribution is 6.35. The van der Waals surface area contributed by atoms with E-state index in [-0.39, 0.29) is 6.10 Å². The summed E-state index contributed by atoms with van der Waals surface area (Å²) in [5.74, 6) is 2.02. The standard InChI is InChI=1S/C20H21ClN4O3/c1-11-23-24-20(27-11)25-9-12-7-16(26)18(8-13(12)10-25)28-17-5-4-15(21)14-3-2-6-22-19(14)17/h2-6,12-13,16,18,26H,7-10H2,1H3/t12-,13+,16+,18+/m0/s1. The van der Waals surface area contributed by atoms with Crippen LogP contribution < -0.4 is 9.64 Å². The van der Waals surface area contributed by atoms with Crippen LogP contribution in [-0.2, 0) is 0 Å². The molecule has 2 aliphatic rings. The largest absolute Gasteiger partial charge is 0.485 e. The summed E-state index contributed by atoms with van der Waals surface area (Å²) in [5, 5.41) is 20.3. The zero-order valence-corrected chi connectivity index (χ0v) is 16.2. The number of fused-ring (bicyclic) bond motifs is 2. The molecule has 2 fully saturated rings. The molecule has 146 valence electrons. The van der Waals surface area contributed by atoms with Crippen molar-refractivity contribution in [2.75, 3.05) is 18.0 Å². The molecule has 1 aromatic carbocycles. The maximum atomic E-state index is 10.7. The van der Waals surface area contributed by atoms with Gasteiger partial charge < -0.3 is 19.2 Å². The number of aromatic nitrogens is 3. The lowest BCUT2D eigenvalue weighted by Crippen LogP contribution is -2.42. The third kappa shape index (κ3) is 3.08. The van der Waals surface area contributed by atoms with Crippen molar-refractivity contribution in [2.24, 2.45) is 11.8 Å². The van der Waals surface area contributed by atoms with Crippen LogP contribution in [0.5, 0.6) is 5.75 Å². The number of ether oxygens (including phenoxy) is 1. The van der Waals surface area contributed by atoms with E-state index in [2.05, 4.69) is 20.1 Å². The molecular formula is C20H21ClN4O3. The highest BCUT2D eigenvalue weighted by atomic mass is 35.5. The molecule has 7 nitrogen and oxygen atoms in total. The predicted octanol–water partition coefficient (Wildman–Crippen LogP) is 3.23. The Bertz CT molecular complexity index is 1010. The first-order valence-corrected chi connectivity index (χ1v) is 9.89. The summed E-state index contributed by atoms with van der Waals surface area (Å²) in [4.78, 5) is 6.54. The van der Waals surface area contributed by atoms with Crippen LogP contribution in [0.15, 0.2) is 34.9 Å². The Morgan fingerprint density at radius 1 is 1.18 bits per heavy atom. The molecule has 8 heteroatoms. The van der Waals surface area contributed by atoms with Crippen LogP contribution in [0.2, 0.25) is 5.02 Å². The molecule has 3 aromatic rings. The molecule has 28 heavy (non-hydrogen) atoms. The molecule has 3 heterocycles. The molecule has 4 atom stereocenters. The van der Waals surface area contributed by atoms with Gasteiger partial charge in [0.05, 0.1) is 11.1 Å². The van der Waals surface area contributed by atoms with Crippen molar-refractivity contribution in [1.82, 2.24) is 15.2 Å². The number of hydrogen-bond acceptors (Lipinski definition) is 7. The molecule has 1 aliphatic heterocycles. The molecule has 1 saturated heterocycles. The quantitative estimate of drug-likeness (QED) is 0.722. The number of halogens is 1. The van der Waals surface area contributed by atoms with Crippen molar-refractivity contribution in [3.05, 3.63) is 41.4 Å². The van der Waals surface area contributed by atoms with Crippen molar-refractivity contribution in [3.8, 4) is 5.75 Å². The SMILES string of the molecule is Cc1nnc(N2C[C@H]3C[C@@H](Oc4ccc(Cl)c5cccnc45)[C@H](O)C[C@H]3C2)o1. The van der Waals surface area contributed by atoms with Crippen molar-refractivity contribution in [3.63, 3.8) is 0 Å². The van der Waals surface area contributed by atoms with Crippen molar-refractivity contribution in [2.45, 2.75) is 32.0 Å². The number of benzene rings is 1. The fourth-order valence-corrected chi connectivity index (χ4v) is 4.67. The summed E-state index contributed by atoms with van der Waals surface area (Å²) in [6.07, 6.45) is 2.38. The van der Waals surface area contributed by atoms with Gasteiger partial charge in [-0.25, -0.2) is 0 Å². The second-order valence-electron chi connectivity index (χ2n) is 7.67. The van der Waals surface area contributed by atoms with Gasteiger partial charge in [-0.3, -0.25) is 4.98 Å². The van der Waals surface area contributed by atoms with E-state index in [1.807, 2.05) is 24.3 Å². The van der Waals surface area contributed by atoms with Gasteiger partial charge in [-0.15, -0.1) is 5.10 Å². The summed E-state index contributed by atoms with van der Waals surface area (Å²) < 4.78 is 11.8. The lowest BCUT2D eigenvalue weighted by Gasteiger charge is -2.35. The van der Waals surface area contributed by atoms with Crippen molar-refractivity contribution < 1.29 is 14.3 Å². The Kier molecular flexibility index (Phi) is 4.36. The van der Waals surface area contributed by atoms with Crippen LogP contribution in [0.4, 0.5) is 6.01 Å². The van der Waals surface area contributed by atoms with E-state index < -0.39 is 6.10 Å². The first-order valence-electron chi connectivity index (χ1n) is 9.51. The van der Waals surface area contributed by atoms with Crippen LogP contribution in [0.1, 0.15) is 18.7 Å². The molecule has 0 spiro atoms. The molecule has 1 N–H and O–H groups in total. The molecule has 5 rings (SSSR count). The average Bonchev–Trinajstić information content (AvgIpc) is 3.30. The van der Waals surface area contributed by atoms with Crippen LogP contribution >= 0.6 is 11.6 Å². The lowest BCUT2D eigenvalue weighted by molar-refractivity contribution is -0.0225. The summed E-state index contributed by atoms with van der Waals surface area (Å²) in [6.45, 7) is 3.44. The summed E-state index contributed by atoms with van der Waals surface area (Å²) in [5.41, 5.74) is 0.721. The number of hydrogen-bond donors (Lipinski definition) is 1. The Morgan fingerprint density at radius 2 is 2.00 bits per heavy atom. The average molecular weight is 401 g/mol. The minimum absolute atomic E-state index is 0.281. The molecule has 0 radical (unpaired) electrons. The first kappa shape index (κ1) is 17.7. The molecule has 1 saturated carbocycles. The lowest BCUT2D eigenvalue weighted by atomic mass is 9.78. The van der Waals surface area contributed by atoms with Crippen LogP contribution in [0.25, 0.3) is 10.9 Å². The van der Waals surface area contributed by atoms with Gasteiger partial charge in [-0.1, -0.05) is 16.7 Å². The Hall–Kier alpha value is -2.38. The van der Waals surface area contributed by atoms with Gasteiger partial charge in [0.15, 0.2) is 0 Å². The van der Waals surface area contributed by atoms with E-state index in [4.69, 9.17) is 20.8 Å². The van der Waals surface area contributed by atoms with Crippen LogP contribution in [-0.4, -0.2) is 45.6 Å². The van der Waals surface area contributed by atoms with Gasteiger partial charge in [-0.2, -0.15) is 0 Å². The maximum absolute atomic E-state index is 10.7. The summed E-state index contributed by atoms with van der Waals surface area (Å²) >= 11 is 6.28. The summed E-state index contributed by atoms with van der Waals surface area (Å²) in [7, 11) is 0. The van der Waals surface area contributed by atoms with E-state index >= 15 is 0 Å². The van der Waals surface area contributed by atoms with Gasteiger partial charge in [0.25, 0.3) is 0 Å². The second kappa shape index (κ2) is 6.90. The highest BCUT2D eigenvalue weighted by Crippen LogP contribution is 2.40. The predicted molar refractivity (Wildman–Crippen MR) is 105 cm³/mol. The van der Waals surface area contributed by atoms with E-state index in [1.165, 1.54) is 0 Å². The molecular weight excluding hydrogens is 380 g/mol. The Labute approximate surface area is 167 Å². The first-order chi connectivity index (χ1) is 13.6. The maximum Gasteiger partial charge on any atom is 0.318 e. The fourth-order valence-electron chi connectivity index (χ4n) is 4.46. The van der Waals surface area contributed by atoms with Gasteiger partial charge >= 0.3 is 6.01 Å². The number of aryl methyl sites for hydroxylation is 1. The number of pyridine rings is 1. The smallest absolute Gasteiger partial charge is 0.318 e. The number of aliphatic hydroxyl groups excluding tert-OH is 1. The minimum atomic E-state index is -0.528. The van der Waals surface area contributed by atoms with Crippen LogP contribution in [0.3, 0.4) is 0 Å². The molecule has 0 amide bonds. The minimum Gasteiger partial charge on any atom is -0.485 e. The van der Waals surface area contributed by atoms with E-state index in [1.54, 1.807) is 13.1 Å².